The molecule has 1 fully saturated rings. The molecule has 0 radical (unpaired) electrons. The highest BCUT2D eigenvalue weighted by atomic mass is 79.9. The molecule has 1 amide bonds. The number of carbonyl (C=O) groups is 1. The van der Waals surface area contributed by atoms with Crippen molar-refractivity contribution in [3.8, 4) is 0 Å². The minimum absolute atomic E-state index is 0.0693. The average molecular weight is 352 g/mol. The number of benzene rings is 1. The van der Waals surface area contributed by atoms with Gasteiger partial charge < -0.3 is 10.4 Å². The van der Waals surface area contributed by atoms with Crippen LogP contribution in [0.4, 0.5) is 0 Å². The molecule has 1 aromatic carbocycles. The van der Waals surface area contributed by atoms with Crippen molar-refractivity contribution in [2.45, 2.75) is 25.7 Å². The summed E-state index contributed by atoms with van der Waals surface area (Å²) in [7, 11) is 0. The van der Waals surface area contributed by atoms with Crippen LogP contribution in [0, 0.1) is 11.8 Å². The fourth-order valence-electron chi connectivity index (χ4n) is 2.83. The molecule has 0 aliphatic heterocycles. The fourth-order valence-corrected chi connectivity index (χ4v) is 3.09. The van der Waals surface area contributed by atoms with Gasteiger partial charge in [0.25, 0.3) is 0 Å². The second kappa shape index (κ2) is 8.35. The topological polar surface area (TPSA) is 49.3 Å². The van der Waals surface area contributed by atoms with Crippen LogP contribution in [0.1, 0.15) is 31.2 Å². The second-order valence-electron chi connectivity index (χ2n) is 5.62. The summed E-state index contributed by atoms with van der Waals surface area (Å²) in [5, 5.41) is 12.3. The molecule has 2 rings (SSSR count). The third-order valence-electron chi connectivity index (χ3n) is 4.14. The average Bonchev–Trinajstić information content (AvgIpc) is 2.52. The maximum absolute atomic E-state index is 11.9. The van der Waals surface area contributed by atoms with Crippen LogP contribution < -0.4 is 5.32 Å². The van der Waals surface area contributed by atoms with Crippen molar-refractivity contribution in [3.05, 3.63) is 40.4 Å². The largest absolute Gasteiger partial charge is 0.396 e. The third kappa shape index (κ3) is 5.29. The van der Waals surface area contributed by atoms with Crippen molar-refractivity contribution in [2.75, 3.05) is 13.2 Å². The van der Waals surface area contributed by atoms with Crippen LogP contribution in [0.5, 0.6) is 0 Å². The molecule has 0 bridgehead atoms. The molecule has 1 aliphatic rings. The van der Waals surface area contributed by atoms with Crippen molar-refractivity contribution in [3.63, 3.8) is 0 Å². The van der Waals surface area contributed by atoms with Gasteiger partial charge in [-0.05, 0) is 48.4 Å². The number of hydrogen-bond acceptors (Lipinski definition) is 2. The highest BCUT2D eigenvalue weighted by Gasteiger charge is 2.24. The van der Waals surface area contributed by atoms with E-state index in [4.69, 9.17) is 0 Å². The first kappa shape index (κ1) is 16.2. The molecule has 2 atom stereocenters. The smallest absolute Gasteiger partial charge is 0.244 e. The maximum atomic E-state index is 11.9. The SMILES string of the molecule is O=C(C=Cc1ccc(Br)cc1)NCC1CCCCC1CO. The number of aliphatic hydroxyl groups is 1. The minimum atomic E-state index is -0.0693. The van der Waals surface area contributed by atoms with Crippen molar-refractivity contribution in [2.24, 2.45) is 11.8 Å². The van der Waals surface area contributed by atoms with E-state index in [0.29, 0.717) is 18.4 Å². The summed E-state index contributed by atoms with van der Waals surface area (Å²) in [6.45, 7) is 0.893. The number of rotatable bonds is 5. The molecule has 3 nitrogen and oxygen atoms in total. The Bertz CT molecular complexity index is 484. The zero-order chi connectivity index (χ0) is 15.1. The Kier molecular flexibility index (Phi) is 6.46. The van der Waals surface area contributed by atoms with Crippen LogP contribution in [0.3, 0.4) is 0 Å². The van der Waals surface area contributed by atoms with Gasteiger partial charge in [-0.2, -0.15) is 0 Å². The lowest BCUT2D eigenvalue weighted by Crippen LogP contribution is -2.34. The summed E-state index contributed by atoms with van der Waals surface area (Å²) in [5.74, 6) is 0.684. The molecule has 0 heterocycles. The van der Waals surface area contributed by atoms with E-state index in [1.807, 2.05) is 30.3 Å². The molecule has 0 spiro atoms. The summed E-state index contributed by atoms with van der Waals surface area (Å²) in [5.41, 5.74) is 0.999. The summed E-state index contributed by atoms with van der Waals surface area (Å²) >= 11 is 3.38. The Morgan fingerprint density at radius 1 is 1.24 bits per heavy atom. The number of aliphatic hydroxyl groups excluding tert-OH is 1. The van der Waals surface area contributed by atoms with Gasteiger partial charge in [0, 0.05) is 23.7 Å². The van der Waals surface area contributed by atoms with Gasteiger partial charge in [0.2, 0.25) is 5.91 Å². The van der Waals surface area contributed by atoms with E-state index in [9.17, 15) is 9.90 Å². The Morgan fingerprint density at radius 2 is 1.90 bits per heavy atom. The lowest BCUT2D eigenvalue weighted by atomic mass is 9.79. The molecular formula is C17H22BrNO2. The number of carbonyl (C=O) groups excluding carboxylic acids is 1. The first-order valence-corrected chi connectivity index (χ1v) is 8.30. The molecule has 2 N–H and O–H groups in total. The summed E-state index contributed by atoms with van der Waals surface area (Å²) in [6.07, 6.45) is 7.95. The van der Waals surface area contributed by atoms with Gasteiger partial charge in [0.15, 0.2) is 0 Å². The van der Waals surface area contributed by atoms with Crippen LogP contribution in [0.25, 0.3) is 6.08 Å². The predicted octanol–water partition coefficient (Wildman–Crippen LogP) is 3.38. The fraction of sp³-hybridized carbons (Fsp3) is 0.471. The minimum Gasteiger partial charge on any atom is -0.396 e. The van der Waals surface area contributed by atoms with Crippen molar-refractivity contribution in [1.29, 1.82) is 0 Å². The molecule has 1 aromatic rings. The van der Waals surface area contributed by atoms with E-state index in [1.165, 1.54) is 12.8 Å². The summed E-state index contributed by atoms with van der Waals surface area (Å²) < 4.78 is 1.02. The molecule has 21 heavy (non-hydrogen) atoms. The van der Waals surface area contributed by atoms with Crippen LogP contribution in [0.2, 0.25) is 0 Å². The van der Waals surface area contributed by atoms with Gasteiger partial charge in [-0.1, -0.05) is 40.9 Å². The van der Waals surface area contributed by atoms with Crippen LogP contribution in [-0.4, -0.2) is 24.2 Å². The maximum Gasteiger partial charge on any atom is 0.244 e. The first-order valence-electron chi connectivity index (χ1n) is 7.51. The lowest BCUT2D eigenvalue weighted by Gasteiger charge is -2.30. The number of nitrogens with one attached hydrogen (secondary N) is 1. The predicted molar refractivity (Wildman–Crippen MR) is 88.7 cm³/mol. The highest BCUT2D eigenvalue weighted by molar-refractivity contribution is 9.10. The van der Waals surface area contributed by atoms with Gasteiger partial charge in [0.05, 0.1) is 0 Å². The van der Waals surface area contributed by atoms with E-state index in [2.05, 4.69) is 21.2 Å². The van der Waals surface area contributed by atoms with Crippen LogP contribution in [-0.2, 0) is 4.79 Å². The normalized spacial score (nSPS) is 22.4. The molecule has 0 saturated heterocycles. The van der Waals surface area contributed by atoms with Gasteiger partial charge in [-0.15, -0.1) is 0 Å². The molecular weight excluding hydrogens is 330 g/mol. The van der Waals surface area contributed by atoms with E-state index >= 15 is 0 Å². The molecule has 114 valence electrons. The van der Waals surface area contributed by atoms with E-state index in [0.717, 1.165) is 22.9 Å². The van der Waals surface area contributed by atoms with E-state index < -0.39 is 0 Å². The van der Waals surface area contributed by atoms with Crippen molar-refractivity contribution >= 4 is 27.9 Å². The van der Waals surface area contributed by atoms with Crippen LogP contribution >= 0.6 is 15.9 Å². The zero-order valence-electron chi connectivity index (χ0n) is 12.1. The molecule has 1 saturated carbocycles. The third-order valence-corrected chi connectivity index (χ3v) is 4.67. The van der Waals surface area contributed by atoms with Gasteiger partial charge in [-0.3, -0.25) is 4.79 Å². The summed E-state index contributed by atoms with van der Waals surface area (Å²) in [4.78, 5) is 11.9. The highest BCUT2D eigenvalue weighted by Crippen LogP contribution is 2.29. The van der Waals surface area contributed by atoms with Crippen LogP contribution in [0.15, 0.2) is 34.8 Å². The standard InChI is InChI=1S/C17H22BrNO2/c18-16-8-5-13(6-9-16)7-10-17(21)19-11-14-3-1-2-4-15(14)12-20/h5-10,14-15,20H,1-4,11-12H2,(H,19,21). The van der Waals surface area contributed by atoms with Gasteiger partial charge in [-0.25, -0.2) is 0 Å². The summed E-state index contributed by atoms with van der Waals surface area (Å²) in [6, 6.07) is 7.81. The Balaban J connectivity index is 1.80. The molecule has 1 aliphatic carbocycles. The Morgan fingerprint density at radius 3 is 2.57 bits per heavy atom. The number of halogens is 1. The Labute approximate surface area is 134 Å². The van der Waals surface area contributed by atoms with Crippen molar-refractivity contribution < 1.29 is 9.90 Å². The number of hydrogen-bond donors (Lipinski definition) is 2. The quantitative estimate of drug-likeness (QED) is 0.799. The second-order valence-corrected chi connectivity index (χ2v) is 6.53. The lowest BCUT2D eigenvalue weighted by molar-refractivity contribution is -0.116. The first-order chi connectivity index (χ1) is 10.2. The molecule has 4 heteroatoms. The monoisotopic (exact) mass is 351 g/mol. The van der Waals surface area contributed by atoms with Gasteiger partial charge in [0.1, 0.15) is 0 Å². The Hall–Kier alpha value is -1.13. The molecule has 0 aromatic heterocycles. The number of amides is 1. The van der Waals surface area contributed by atoms with Crippen molar-refractivity contribution in [1.82, 2.24) is 5.32 Å². The zero-order valence-corrected chi connectivity index (χ0v) is 13.7. The van der Waals surface area contributed by atoms with Gasteiger partial charge >= 0.3 is 0 Å². The molecule has 2 unspecified atom stereocenters. The van der Waals surface area contributed by atoms with E-state index in [1.54, 1.807) is 6.08 Å². The van der Waals surface area contributed by atoms with E-state index in [-0.39, 0.29) is 12.5 Å².